The van der Waals surface area contributed by atoms with Gasteiger partial charge in [-0.2, -0.15) is 10.2 Å². The van der Waals surface area contributed by atoms with Crippen LogP contribution >= 0.6 is 0 Å². The van der Waals surface area contributed by atoms with Crippen LogP contribution in [-0.4, -0.2) is 51.3 Å². The zero-order valence-corrected chi connectivity index (χ0v) is 17.0. The van der Waals surface area contributed by atoms with Gasteiger partial charge in [-0.3, -0.25) is 0 Å². The molecule has 4 rings (SSSR count). The van der Waals surface area contributed by atoms with Crippen LogP contribution in [-0.2, 0) is 17.7 Å². The molecule has 0 fully saturated rings. The van der Waals surface area contributed by atoms with Gasteiger partial charge >= 0.3 is 0 Å². The molecule has 0 radical (unpaired) electrons. The number of hydrogen-bond donors (Lipinski definition) is 0. The molecule has 2 heterocycles. The monoisotopic (exact) mass is 395 g/mol. The largest absolute Gasteiger partial charge is 0.493 e. The zero-order chi connectivity index (χ0) is 20.2. The van der Waals surface area contributed by atoms with E-state index in [1.54, 1.807) is 21.3 Å². The lowest BCUT2D eigenvalue weighted by molar-refractivity contribution is 0.146. The first-order valence-corrected chi connectivity index (χ1v) is 9.59. The van der Waals surface area contributed by atoms with Crippen molar-refractivity contribution >= 4 is 16.6 Å². The first-order chi connectivity index (χ1) is 14.2. The van der Waals surface area contributed by atoms with Gasteiger partial charge in [0.1, 0.15) is 12.4 Å². The summed E-state index contributed by atoms with van der Waals surface area (Å²) < 4.78 is 21.7. The second-order valence-electron chi connectivity index (χ2n) is 6.90. The van der Waals surface area contributed by atoms with Crippen molar-refractivity contribution in [1.82, 2.24) is 10.2 Å². The van der Waals surface area contributed by atoms with Crippen LogP contribution in [0.4, 0.5) is 5.69 Å². The smallest absolute Gasteiger partial charge is 0.162 e. The zero-order valence-electron chi connectivity index (χ0n) is 17.0. The van der Waals surface area contributed by atoms with Crippen LogP contribution < -0.4 is 19.1 Å². The van der Waals surface area contributed by atoms with Gasteiger partial charge in [0, 0.05) is 31.7 Å². The number of nitrogens with zero attached hydrogens (tertiary/aromatic N) is 3. The number of anilines is 1. The second-order valence-corrected chi connectivity index (χ2v) is 6.90. The molecule has 7 heteroatoms. The van der Waals surface area contributed by atoms with Gasteiger partial charge in [-0.25, -0.2) is 0 Å². The molecule has 0 atom stereocenters. The van der Waals surface area contributed by atoms with E-state index in [9.17, 15) is 0 Å². The summed E-state index contributed by atoms with van der Waals surface area (Å²) in [6.45, 7) is 2.81. The van der Waals surface area contributed by atoms with E-state index in [1.807, 2.05) is 24.4 Å². The van der Waals surface area contributed by atoms with Crippen LogP contribution in [0.15, 0.2) is 36.5 Å². The van der Waals surface area contributed by atoms with Gasteiger partial charge in [-0.15, -0.1) is 0 Å². The van der Waals surface area contributed by atoms with Gasteiger partial charge in [-0.05, 0) is 35.7 Å². The molecular weight excluding hydrogens is 370 g/mol. The van der Waals surface area contributed by atoms with Crippen molar-refractivity contribution in [2.24, 2.45) is 0 Å². The minimum absolute atomic E-state index is 0.541. The van der Waals surface area contributed by atoms with Crippen molar-refractivity contribution in [3.05, 3.63) is 47.7 Å². The summed E-state index contributed by atoms with van der Waals surface area (Å²) in [7, 11) is 4.93. The van der Waals surface area contributed by atoms with Gasteiger partial charge < -0.3 is 23.8 Å². The molecule has 1 aromatic heterocycles. The molecule has 0 unspecified atom stereocenters. The number of rotatable bonds is 7. The lowest BCUT2D eigenvalue weighted by atomic mass is 9.98. The molecule has 7 nitrogen and oxygen atoms in total. The Balaban J connectivity index is 1.65. The Labute approximate surface area is 170 Å². The molecule has 1 aliphatic heterocycles. The Bertz CT molecular complexity index is 1010. The minimum atomic E-state index is 0.541. The molecule has 0 saturated heterocycles. The van der Waals surface area contributed by atoms with Gasteiger partial charge in [0.25, 0.3) is 0 Å². The Kier molecular flexibility index (Phi) is 5.67. The number of methoxy groups -OCH3 is 3. The van der Waals surface area contributed by atoms with Crippen LogP contribution in [0, 0.1) is 0 Å². The maximum Gasteiger partial charge on any atom is 0.162 e. The molecule has 0 bridgehead atoms. The minimum Gasteiger partial charge on any atom is -0.493 e. The van der Waals surface area contributed by atoms with Crippen molar-refractivity contribution in [1.29, 1.82) is 0 Å². The average molecular weight is 395 g/mol. The average Bonchev–Trinajstić information content (AvgIpc) is 2.77. The van der Waals surface area contributed by atoms with E-state index in [4.69, 9.17) is 18.9 Å². The second kappa shape index (κ2) is 8.53. The molecule has 0 N–H and O–H groups in total. The normalized spacial score (nSPS) is 13.3. The van der Waals surface area contributed by atoms with Crippen LogP contribution in [0.5, 0.6) is 17.2 Å². The summed E-state index contributed by atoms with van der Waals surface area (Å²) >= 11 is 0. The third kappa shape index (κ3) is 3.91. The summed E-state index contributed by atoms with van der Waals surface area (Å²) in [5, 5.41) is 9.49. The van der Waals surface area contributed by atoms with Gasteiger partial charge in [0.05, 0.1) is 38.2 Å². The molecule has 152 valence electrons. The van der Waals surface area contributed by atoms with Crippen LogP contribution in [0.2, 0.25) is 0 Å². The van der Waals surface area contributed by atoms with E-state index < -0.39 is 0 Å². The fourth-order valence-electron chi connectivity index (χ4n) is 3.70. The van der Waals surface area contributed by atoms with E-state index in [0.717, 1.165) is 41.9 Å². The fourth-order valence-corrected chi connectivity index (χ4v) is 3.70. The molecule has 29 heavy (non-hydrogen) atoms. The Morgan fingerprint density at radius 3 is 2.59 bits per heavy atom. The molecule has 0 aliphatic carbocycles. The van der Waals surface area contributed by atoms with Crippen molar-refractivity contribution in [3.8, 4) is 17.2 Å². The van der Waals surface area contributed by atoms with Crippen LogP contribution in [0.25, 0.3) is 10.9 Å². The predicted octanol–water partition coefficient (Wildman–Crippen LogP) is 3.23. The molecule has 0 amide bonds. The summed E-state index contributed by atoms with van der Waals surface area (Å²) in [4.78, 5) is 2.32. The molecule has 2 aromatic carbocycles. The lowest BCUT2D eigenvalue weighted by Crippen LogP contribution is -2.30. The molecular formula is C22H25N3O4. The number of hydrogen-bond acceptors (Lipinski definition) is 7. The Hall–Kier alpha value is -3.06. The van der Waals surface area contributed by atoms with Crippen molar-refractivity contribution in [2.45, 2.75) is 13.0 Å². The highest BCUT2D eigenvalue weighted by Crippen LogP contribution is 2.36. The molecule has 0 saturated carbocycles. The predicted molar refractivity (Wildman–Crippen MR) is 111 cm³/mol. The van der Waals surface area contributed by atoms with E-state index in [-0.39, 0.29) is 0 Å². The van der Waals surface area contributed by atoms with E-state index in [2.05, 4.69) is 27.2 Å². The van der Waals surface area contributed by atoms with E-state index in [0.29, 0.717) is 24.7 Å². The van der Waals surface area contributed by atoms with Gasteiger partial charge in [0.15, 0.2) is 11.5 Å². The van der Waals surface area contributed by atoms with E-state index >= 15 is 0 Å². The summed E-state index contributed by atoms with van der Waals surface area (Å²) in [5.74, 6) is 2.19. The highest BCUT2D eigenvalue weighted by atomic mass is 16.5. The van der Waals surface area contributed by atoms with Crippen LogP contribution in [0.3, 0.4) is 0 Å². The number of ether oxygens (including phenoxy) is 4. The van der Waals surface area contributed by atoms with Crippen molar-refractivity contribution < 1.29 is 18.9 Å². The number of benzene rings is 2. The van der Waals surface area contributed by atoms with Gasteiger partial charge in [-0.1, -0.05) is 6.07 Å². The maximum absolute atomic E-state index is 5.78. The topological polar surface area (TPSA) is 65.9 Å². The van der Waals surface area contributed by atoms with Crippen LogP contribution in [0.1, 0.15) is 11.1 Å². The third-order valence-corrected chi connectivity index (χ3v) is 5.21. The summed E-state index contributed by atoms with van der Waals surface area (Å²) in [6.07, 6.45) is 2.78. The Morgan fingerprint density at radius 2 is 1.79 bits per heavy atom. The van der Waals surface area contributed by atoms with Gasteiger partial charge in [0.2, 0.25) is 0 Å². The maximum atomic E-state index is 5.78. The fraction of sp³-hybridized carbons (Fsp3) is 0.364. The highest BCUT2D eigenvalue weighted by molar-refractivity contribution is 5.93. The number of fused-ring (bicyclic) bond motifs is 2. The molecule has 1 aliphatic rings. The summed E-state index contributed by atoms with van der Waals surface area (Å²) in [5.41, 5.74) is 4.43. The highest BCUT2D eigenvalue weighted by Gasteiger charge is 2.20. The van der Waals surface area contributed by atoms with E-state index in [1.165, 1.54) is 11.1 Å². The molecule has 3 aromatic rings. The Morgan fingerprint density at radius 1 is 0.966 bits per heavy atom. The number of aromatic nitrogens is 2. The molecule has 0 spiro atoms. The standard InChI is InChI=1S/C22H25N3O4/c1-26-8-9-29-17-5-4-15-6-7-25(14-16(15)10-17)20-13-23-24-19-12-22(28-3)21(27-2)11-18(19)20/h4-5,10-13H,6-9,14H2,1-3H3. The van der Waals surface area contributed by atoms with Crippen molar-refractivity contribution in [3.63, 3.8) is 0 Å². The first-order valence-electron chi connectivity index (χ1n) is 9.59. The van der Waals surface area contributed by atoms with Crippen molar-refractivity contribution in [2.75, 3.05) is 46.0 Å². The third-order valence-electron chi connectivity index (χ3n) is 5.21. The lowest BCUT2D eigenvalue weighted by Gasteiger charge is -2.31. The SMILES string of the molecule is COCCOc1ccc2c(c1)CN(c1cnnc3cc(OC)c(OC)cc13)CC2. The quantitative estimate of drug-likeness (QED) is 0.569. The first kappa shape index (κ1) is 19.3. The summed E-state index contributed by atoms with van der Waals surface area (Å²) in [6, 6.07) is 10.1.